The summed E-state index contributed by atoms with van der Waals surface area (Å²) in [6, 6.07) is 7.71. The number of imidazole rings is 1. The van der Waals surface area contributed by atoms with E-state index in [2.05, 4.69) is 15.2 Å². The van der Waals surface area contributed by atoms with Gasteiger partial charge in [-0.05, 0) is 44.6 Å². The summed E-state index contributed by atoms with van der Waals surface area (Å²) in [6.45, 7) is -0.00569. The lowest BCUT2D eigenvalue weighted by Gasteiger charge is -2.29. The lowest BCUT2D eigenvalue weighted by Crippen LogP contribution is -2.41. The van der Waals surface area contributed by atoms with Gasteiger partial charge in [-0.1, -0.05) is 29.8 Å². The predicted molar refractivity (Wildman–Crippen MR) is 108 cm³/mol. The van der Waals surface area contributed by atoms with Crippen molar-refractivity contribution in [2.45, 2.75) is 32.0 Å². The lowest BCUT2D eigenvalue weighted by molar-refractivity contribution is -0.122. The van der Waals surface area contributed by atoms with Crippen molar-refractivity contribution in [1.29, 1.82) is 0 Å². The van der Waals surface area contributed by atoms with Gasteiger partial charge in [0.05, 0.1) is 19.1 Å². The summed E-state index contributed by atoms with van der Waals surface area (Å²) in [6.07, 6.45) is 4.83. The molecule has 158 valence electrons. The van der Waals surface area contributed by atoms with Crippen molar-refractivity contribution in [1.82, 2.24) is 24.7 Å². The number of rotatable bonds is 9. The highest BCUT2D eigenvalue weighted by atomic mass is 35.5. The zero-order valence-electron chi connectivity index (χ0n) is 16.4. The number of benzene rings is 1. The summed E-state index contributed by atoms with van der Waals surface area (Å²) < 4.78 is 26.7. The van der Waals surface area contributed by atoms with Crippen molar-refractivity contribution in [3.05, 3.63) is 53.1 Å². The zero-order chi connectivity index (χ0) is 20.8. The number of likely N-dealkylation sites (N-methyl/N-ethyl adjacent to an activating group) is 1. The largest absolute Gasteiger partial charge is 0.353 e. The van der Waals surface area contributed by atoms with Crippen LogP contribution in [-0.2, 0) is 11.3 Å². The van der Waals surface area contributed by atoms with E-state index in [4.69, 9.17) is 11.6 Å². The summed E-state index contributed by atoms with van der Waals surface area (Å²) in [7, 11) is 1.70. The van der Waals surface area contributed by atoms with Crippen molar-refractivity contribution < 1.29 is 13.6 Å². The Labute approximate surface area is 174 Å². The van der Waals surface area contributed by atoms with Gasteiger partial charge < -0.3 is 5.32 Å². The second-order valence-electron chi connectivity index (χ2n) is 7.29. The third-order valence-electron chi connectivity index (χ3n) is 5.12. The smallest absolute Gasteiger partial charge is 0.319 e. The van der Waals surface area contributed by atoms with E-state index < -0.39 is 6.55 Å². The highest BCUT2D eigenvalue weighted by Gasteiger charge is 2.25. The standard InChI is InChI=1S/C20H26ClF2N5O/c1-26(13-18-24-8-11-28(18)20(22)23)14-19(29)25-12-17(27-9-4-5-10-27)15-6-2-3-7-16(15)21/h2-3,6-8,11,17,20H,4-5,9-10,12-14H2,1H3,(H,25,29). The van der Waals surface area contributed by atoms with E-state index >= 15 is 0 Å². The van der Waals surface area contributed by atoms with Gasteiger partial charge >= 0.3 is 6.55 Å². The maximum atomic E-state index is 12.9. The van der Waals surface area contributed by atoms with Crippen molar-refractivity contribution >= 4 is 17.5 Å². The van der Waals surface area contributed by atoms with Gasteiger partial charge in [-0.3, -0.25) is 19.2 Å². The SMILES string of the molecule is CN(CC(=O)NCC(c1ccccc1Cl)N1CCCC1)Cc1nccn1C(F)F. The van der Waals surface area contributed by atoms with E-state index in [9.17, 15) is 13.6 Å². The molecule has 0 radical (unpaired) electrons. The number of nitrogens with zero attached hydrogens (tertiary/aromatic N) is 4. The van der Waals surface area contributed by atoms with Crippen molar-refractivity contribution in [3.63, 3.8) is 0 Å². The number of hydrogen-bond acceptors (Lipinski definition) is 4. The minimum absolute atomic E-state index is 0.0122. The molecule has 6 nitrogen and oxygen atoms in total. The molecule has 0 spiro atoms. The van der Waals surface area contributed by atoms with Crippen LogP contribution in [0, 0.1) is 0 Å². The molecule has 1 amide bonds. The number of hydrogen-bond donors (Lipinski definition) is 1. The Morgan fingerprint density at radius 3 is 2.72 bits per heavy atom. The Hall–Kier alpha value is -2.03. The molecule has 1 aliphatic heterocycles. The van der Waals surface area contributed by atoms with E-state index in [1.807, 2.05) is 24.3 Å². The molecule has 1 aromatic heterocycles. The van der Waals surface area contributed by atoms with Crippen molar-refractivity contribution in [2.24, 2.45) is 0 Å². The number of carbonyl (C=O) groups excluding carboxylic acids is 1. The highest BCUT2D eigenvalue weighted by molar-refractivity contribution is 6.31. The molecule has 1 saturated heterocycles. The third kappa shape index (κ3) is 5.74. The molecule has 0 aliphatic carbocycles. The number of halogens is 3. The van der Waals surface area contributed by atoms with Gasteiger partial charge in [-0.25, -0.2) is 4.98 Å². The zero-order valence-corrected chi connectivity index (χ0v) is 17.2. The number of likely N-dealkylation sites (tertiary alicyclic amines) is 1. The molecule has 1 unspecified atom stereocenters. The van der Waals surface area contributed by atoms with Crippen molar-refractivity contribution in [3.8, 4) is 0 Å². The van der Waals surface area contributed by atoms with Crippen molar-refractivity contribution in [2.75, 3.05) is 33.2 Å². The maximum absolute atomic E-state index is 12.9. The van der Waals surface area contributed by atoms with E-state index in [0.717, 1.165) is 36.1 Å². The van der Waals surface area contributed by atoms with E-state index in [1.165, 1.54) is 12.4 Å². The van der Waals surface area contributed by atoms with Crippen LogP contribution in [0.3, 0.4) is 0 Å². The van der Waals surface area contributed by atoms with Gasteiger partial charge in [0.15, 0.2) is 0 Å². The summed E-state index contributed by atoms with van der Waals surface area (Å²) in [4.78, 5) is 20.4. The normalized spacial score (nSPS) is 15.9. The maximum Gasteiger partial charge on any atom is 0.319 e. The molecule has 29 heavy (non-hydrogen) atoms. The topological polar surface area (TPSA) is 53.4 Å². The van der Waals surface area contributed by atoms with Crippen LogP contribution in [0.4, 0.5) is 8.78 Å². The van der Waals surface area contributed by atoms with Crippen LogP contribution in [0.15, 0.2) is 36.7 Å². The van der Waals surface area contributed by atoms with Crippen LogP contribution in [0.1, 0.15) is 36.8 Å². The fourth-order valence-corrected chi connectivity index (χ4v) is 3.95. The average molecular weight is 426 g/mol. The molecule has 0 saturated carbocycles. The molecule has 0 bridgehead atoms. The fraction of sp³-hybridized carbons (Fsp3) is 0.500. The minimum atomic E-state index is -2.65. The second kappa shape index (κ2) is 10.1. The number of carbonyl (C=O) groups is 1. The third-order valence-corrected chi connectivity index (χ3v) is 5.47. The Bertz CT molecular complexity index is 810. The van der Waals surface area contributed by atoms with Gasteiger partial charge in [0.25, 0.3) is 0 Å². The first-order chi connectivity index (χ1) is 14.0. The highest BCUT2D eigenvalue weighted by Crippen LogP contribution is 2.29. The van der Waals surface area contributed by atoms with Gasteiger partial charge in [0.1, 0.15) is 5.82 Å². The first kappa shape index (κ1) is 21.7. The van der Waals surface area contributed by atoms with Crippen LogP contribution >= 0.6 is 11.6 Å². The number of amides is 1. The molecule has 2 heterocycles. The molecular formula is C20H26ClF2N5O. The monoisotopic (exact) mass is 425 g/mol. The van der Waals surface area contributed by atoms with Crippen LogP contribution in [0.2, 0.25) is 5.02 Å². The molecule has 2 aromatic rings. The quantitative estimate of drug-likeness (QED) is 0.669. The Balaban J connectivity index is 1.57. The number of aromatic nitrogens is 2. The summed E-state index contributed by atoms with van der Waals surface area (Å²) in [5, 5.41) is 3.67. The van der Waals surface area contributed by atoms with E-state index in [1.54, 1.807) is 11.9 Å². The fourth-order valence-electron chi connectivity index (χ4n) is 3.69. The van der Waals surface area contributed by atoms with E-state index in [0.29, 0.717) is 11.6 Å². The summed E-state index contributed by atoms with van der Waals surface area (Å²) >= 11 is 6.40. The summed E-state index contributed by atoms with van der Waals surface area (Å²) in [5.74, 6) is 0.0558. The predicted octanol–water partition coefficient (Wildman–Crippen LogP) is 3.32. The molecule has 1 atom stereocenters. The lowest BCUT2D eigenvalue weighted by atomic mass is 10.1. The van der Waals surface area contributed by atoms with Crippen LogP contribution < -0.4 is 5.32 Å². The Morgan fingerprint density at radius 2 is 2.03 bits per heavy atom. The minimum Gasteiger partial charge on any atom is -0.353 e. The molecule has 1 N–H and O–H groups in total. The second-order valence-corrected chi connectivity index (χ2v) is 7.69. The van der Waals surface area contributed by atoms with Crippen LogP contribution in [0.25, 0.3) is 0 Å². The molecule has 1 fully saturated rings. The number of alkyl halides is 2. The van der Waals surface area contributed by atoms with Gasteiger partial charge in [0, 0.05) is 24.0 Å². The Morgan fingerprint density at radius 1 is 1.31 bits per heavy atom. The first-order valence-corrected chi connectivity index (χ1v) is 10.1. The molecule has 1 aromatic carbocycles. The molecular weight excluding hydrogens is 400 g/mol. The average Bonchev–Trinajstić information content (AvgIpc) is 3.35. The van der Waals surface area contributed by atoms with E-state index in [-0.39, 0.29) is 30.9 Å². The van der Waals surface area contributed by atoms with Crippen LogP contribution in [0.5, 0.6) is 0 Å². The van der Waals surface area contributed by atoms with Gasteiger partial charge in [0.2, 0.25) is 5.91 Å². The van der Waals surface area contributed by atoms with Crippen LogP contribution in [-0.4, -0.2) is 58.5 Å². The molecule has 1 aliphatic rings. The summed E-state index contributed by atoms with van der Waals surface area (Å²) in [5.41, 5.74) is 1.00. The van der Waals surface area contributed by atoms with Gasteiger partial charge in [-0.15, -0.1) is 0 Å². The number of nitrogens with one attached hydrogen (secondary N) is 1. The molecule has 3 rings (SSSR count). The van der Waals surface area contributed by atoms with Gasteiger partial charge in [-0.2, -0.15) is 8.78 Å². The first-order valence-electron chi connectivity index (χ1n) is 9.69. The molecule has 9 heteroatoms. The Kier molecular flexibility index (Phi) is 7.57.